The van der Waals surface area contributed by atoms with Gasteiger partial charge in [0.05, 0.1) is 6.54 Å². The molecule has 1 unspecified atom stereocenters. The van der Waals surface area contributed by atoms with E-state index in [-0.39, 0.29) is 0 Å². The molecule has 10 heteroatoms. The van der Waals surface area contributed by atoms with E-state index in [0.29, 0.717) is 38.3 Å². The Bertz CT molecular complexity index is 1410. The number of benzene rings is 2. The molecule has 3 aromatic rings. The van der Waals surface area contributed by atoms with Gasteiger partial charge in [0.25, 0.3) is 0 Å². The highest BCUT2D eigenvalue weighted by molar-refractivity contribution is 7.09. The first-order valence-electron chi connectivity index (χ1n) is 12.4. The Kier molecular flexibility index (Phi) is 7.03. The molecule has 194 valence electrons. The molecule has 0 radical (unpaired) electrons. The lowest BCUT2D eigenvalue weighted by Crippen LogP contribution is -2.70. The number of nitriles is 1. The van der Waals surface area contributed by atoms with Crippen molar-refractivity contribution in [3.05, 3.63) is 89.4 Å². The number of ether oxygens (including phenoxy) is 1. The molecular weight excluding hydrogens is 498 g/mol. The van der Waals surface area contributed by atoms with Crippen molar-refractivity contribution in [3.8, 4) is 17.6 Å². The van der Waals surface area contributed by atoms with Gasteiger partial charge in [-0.05, 0) is 49.8 Å². The van der Waals surface area contributed by atoms with Gasteiger partial charge in [0.15, 0.2) is 0 Å². The minimum absolute atomic E-state index is 0.419. The molecule has 0 spiro atoms. The van der Waals surface area contributed by atoms with E-state index in [2.05, 4.69) is 15.3 Å². The van der Waals surface area contributed by atoms with Crippen molar-refractivity contribution in [1.29, 1.82) is 5.26 Å². The Morgan fingerprint density at radius 3 is 2.55 bits per heavy atom. The average molecular weight is 528 g/mol. The summed E-state index contributed by atoms with van der Waals surface area (Å²) in [6.45, 7) is 5.94. The Labute approximate surface area is 226 Å². The second kappa shape index (κ2) is 10.6. The van der Waals surface area contributed by atoms with Crippen molar-refractivity contribution >= 4 is 22.7 Å². The first-order chi connectivity index (χ1) is 18.4. The number of nitrogens with two attached hydrogens (primary N) is 1. The fourth-order valence-electron chi connectivity index (χ4n) is 4.84. The summed E-state index contributed by atoms with van der Waals surface area (Å²) in [5, 5.41) is 10.5. The smallest absolute Gasteiger partial charge is 0.316 e. The predicted molar refractivity (Wildman–Crippen MR) is 147 cm³/mol. The monoisotopic (exact) mass is 527 g/mol. The normalized spacial score (nSPS) is 19.2. The topological polar surface area (TPSA) is 112 Å². The summed E-state index contributed by atoms with van der Waals surface area (Å²) in [6, 6.07) is 17.6. The van der Waals surface area contributed by atoms with Crippen molar-refractivity contribution in [2.45, 2.75) is 25.9 Å². The molecule has 1 aromatic heterocycles. The van der Waals surface area contributed by atoms with E-state index in [0.717, 1.165) is 28.0 Å². The molecule has 9 nitrogen and oxygen atoms in total. The van der Waals surface area contributed by atoms with E-state index < -0.39 is 11.7 Å². The van der Waals surface area contributed by atoms with Gasteiger partial charge in [0.1, 0.15) is 34.8 Å². The van der Waals surface area contributed by atoms with E-state index in [1.54, 1.807) is 11.0 Å². The molecule has 1 atom stereocenters. The lowest BCUT2D eigenvalue weighted by atomic mass is 10.0. The Morgan fingerprint density at radius 2 is 1.87 bits per heavy atom. The van der Waals surface area contributed by atoms with Crippen molar-refractivity contribution < 1.29 is 9.53 Å². The van der Waals surface area contributed by atoms with Gasteiger partial charge in [-0.2, -0.15) is 9.64 Å². The lowest BCUT2D eigenvalue weighted by Gasteiger charge is -2.54. The van der Waals surface area contributed by atoms with Crippen molar-refractivity contribution in [2.75, 3.05) is 31.1 Å². The number of piperazine rings is 1. The fourth-order valence-corrected chi connectivity index (χ4v) is 5.55. The van der Waals surface area contributed by atoms with Crippen molar-refractivity contribution in [3.63, 3.8) is 0 Å². The zero-order valence-corrected chi connectivity index (χ0v) is 22.2. The number of allylic oxidation sites excluding steroid dienone is 3. The van der Waals surface area contributed by atoms with Crippen LogP contribution in [0.5, 0.6) is 11.5 Å². The van der Waals surface area contributed by atoms with Gasteiger partial charge in [-0.3, -0.25) is 4.90 Å². The SMILES string of the molecule is Cc1ccc(Oc2ccc(Cc3nsc(N4CCN(C(N)=O)C(C)(N5CC=CC=C5C#N)C4)n3)cc2)cc1. The minimum atomic E-state index is -0.810. The molecule has 2 aromatic carbocycles. The van der Waals surface area contributed by atoms with Crippen LogP contribution in [0.25, 0.3) is 0 Å². The quantitative estimate of drug-likeness (QED) is 0.505. The summed E-state index contributed by atoms with van der Waals surface area (Å²) in [7, 11) is 0. The Balaban J connectivity index is 1.28. The number of hydrogen-bond donors (Lipinski definition) is 1. The van der Waals surface area contributed by atoms with Crippen LogP contribution in [-0.4, -0.2) is 57.0 Å². The van der Waals surface area contributed by atoms with Gasteiger partial charge >= 0.3 is 6.03 Å². The first kappa shape index (κ1) is 25.3. The number of anilines is 1. The summed E-state index contributed by atoms with van der Waals surface area (Å²) in [4.78, 5) is 22.8. The largest absolute Gasteiger partial charge is 0.457 e. The van der Waals surface area contributed by atoms with Gasteiger partial charge < -0.3 is 20.3 Å². The molecule has 1 saturated heterocycles. The van der Waals surface area contributed by atoms with E-state index in [9.17, 15) is 10.1 Å². The fraction of sp³-hybridized carbons (Fsp3) is 0.286. The number of nitrogens with zero attached hydrogens (tertiary/aromatic N) is 6. The van der Waals surface area contributed by atoms with Crippen molar-refractivity contribution in [2.24, 2.45) is 5.73 Å². The third kappa shape index (κ3) is 5.19. The highest BCUT2D eigenvalue weighted by atomic mass is 32.1. The van der Waals surface area contributed by atoms with Crippen LogP contribution in [0.3, 0.4) is 0 Å². The first-order valence-corrected chi connectivity index (χ1v) is 13.2. The van der Waals surface area contributed by atoms with E-state index in [1.807, 2.05) is 79.4 Å². The van der Waals surface area contributed by atoms with E-state index >= 15 is 0 Å². The van der Waals surface area contributed by atoms with E-state index in [1.165, 1.54) is 17.1 Å². The number of hydrogen-bond acceptors (Lipinski definition) is 8. The van der Waals surface area contributed by atoms with E-state index in [4.69, 9.17) is 15.5 Å². The minimum Gasteiger partial charge on any atom is -0.457 e. The highest BCUT2D eigenvalue weighted by Gasteiger charge is 2.46. The number of aryl methyl sites for hydroxylation is 1. The number of carbonyl (C=O) groups excluding carboxylic acids is 1. The molecule has 3 heterocycles. The third-order valence-corrected chi connectivity index (χ3v) is 7.68. The van der Waals surface area contributed by atoms with Crippen LogP contribution in [0.1, 0.15) is 23.9 Å². The molecule has 0 aliphatic carbocycles. The molecule has 2 aliphatic heterocycles. The molecule has 2 N–H and O–H groups in total. The molecule has 38 heavy (non-hydrogen) atoms. The molecule has 5 rings (SSSR count). The van der Waals surface area contributed by atoms with Crippen LogP contribution >= 0.6 is 11.5 Å². The maximum absolute atomic E-state index is 12.3. The van der Waals surface area contributed by atoms with Crippen LogP contribution in [0.4, 0.5) is 9.93 Å². The van der Waals surface area contributed by atoms with Crippen LogP contribution in [0.15, 0.2) is 72.5 Å². The number of carbonyl (C=O) groups is 1. The van der Waals surface area contributed by atoms with Crippen LogP contribution in [0.2, 0.25) is 0 Å². The summed E-state index contributed by atoms with van der Waals surface area (Å²) < 4.78 is 10.5. The summed E-state index contributed by atoms with van der Waals surface area (Å²) in [6.07, 6.45) is 6.17. The predicted octanol–water partition coefficient (Wildman–Crippen LogP) is 4.43. The van der Waals surface area contributed by atoms with Gasteiger partial charge in [0.2, 0.25) is 5.13 Å². The zero-order valence-electron chi connectivity index (χ0n) is 21.4. The third-order valence-electron chi connectivity index (χ3n) is 6.87. The van der Waals surface area contributed by atoms with Crippen LogP contribution in [-0.2, 0) is 6.42 Å². The number of primary amides is 1. The molecular formula is C28H29N7O2S. The Morgan fingerprint density at radius 1 is 1.16 bits per heavy atom. The Hall–Kier alpha value is -4.36. The van der Waals surface area contributed by atoms with Gasteiger partial charge in [-0.1, -0.05) is 42.0 Å². The molecule has 0 saturated carbocycles. The zero-order chi connectivity index (χ0) is 26.7. The van der Waals surface area contributed by atoms with Crippen LogP contribution < -0.4 is 15.4 Å². The van der Waals surface area contributed by atoms with Crippen LogP contribution in [0, 0.1) is 18.3 Å². The standard InChI is InChI=1S/C28H29N7O2S/c1-20-6-10-23(11-7-20)37-24-12-8-21(9-13-24)17-25-31-27(38-32-25)33-15-16-35(26(30)36)28(2,19-33)34-14-4-3-5-22(34)18-29/h3-13H,14-17,19H2,1-2H3,(H2,30,36). The summed E-state index contributed by atoms with van der Waals surface area (Å²) in [5.74, 6) is 2.31. The summed E-state index contributed by atoms with van der Waals surface area (Å²) in [5.41, 5.74) is 7.71. The number of aromatic nitrogens is 2. The molecule has 2 aliphatic rings. The number of urea groups is 1. The molecule has 2 amide bonds. The average Bonchev–Trinajstić information content (AvgIpc) is 3.39. The molecule has 1 fully saturated rings. The summed E-state index contributed by atoms with van der Waals surface area (Å²) >= 11 is 1.34. The van der Waals surface area contributed by atoms with Gasteiger partial charge in [-0.25, -0.2) is 9.78 Å². The lowest BCUT2D eigenvalue weighted by molar-refractivity contribution is 0.00729. The van der Waals surface area contributed by atoms with Crippen molar-refractivity contribution in [1.82, 2.24) is 19.2 Å². The van der Waals surface area contributed by atoms with Gasteiger partial charge in [-0.15, -0.1) is 0 Å². The maximum Gasteiger partial charge on any atom is 0.316 e. The van der Waals surface area contributed by atoms with Gasteiger partial charge in [0, 0.05) is 37.6 Å². The maximum atomic E-state index is 12.3. The highest BCUT2D eigenvalue weighted by Crippen LogP contribution is 2.33. The molecule has 0 bridgehead atoms. The number of rotatable bonds is 6. The second-order valence-electron chi connectivity index (χ2n) is 9.56. The number of amides is 2. The second-order valence-corrected chi connectivity index (χ2v) is 10.3.